The van der Waals surface area contributed by atoms with E-state index in [2.05, 4.69) is 230 Å². The highest BCUT2D eigenvalue weighted by Crippen LogP contribution is 2.41. The van der Waals surface area contributed by atoms with Crippen molar-refractivity contribution >= 4 is 21.8 Å². The van der Waals surface area contributed by atoms with Gasteiger partial charge < -0.3 is 4.57 Å². The Bertz CT molecular complexity index is 3320. The van der Waals surface area contributed by atoms with Gasteiger partial charge >= 0.3 is 0 Å². The van der Waals surface area contributed by atoms with Crippen LogP contribution in [0.1, 0.15) is 5.56 Å². The summed E-state index contributed by atoms with van der Waals surface area (Å²) in [7, 11) is 0. The van der Waals surface area contributed by atoms with Crippen molar-refractivity contribution in [1.29, 1.82) is 0 Å². The Morgan fingerprint density at radius 1 is 0.344 bits per heavy atom. The van der Waals surface area contributed by atoms with Crippen LogP contribution in [0, 0.1) is 6.92 Å². The third kappa shape index (κ3) is 6.61. The Morgan fingerprint density at radius 2 is 0.852 bits per heavy atom. The summed E-state index contributed by atoms with van der Waals surface area (Å²) < 4.78 is 4.34. The van der Waals surface area contributed by atoms with Gasteiger partial charge in [-0.05, 0) is 93.9 Å². The van der Waals surface area contributed by atoms with E-state index in [4.69, 9.17) is 10.1 Å². The minimum absolute atomic E-state index is 0.691. The second-order valence-electron chi connectivity index (χ2n) is 15.5. The van der Waals surface area contributed by atoms with Crippen LogP contribution in [0.3, 0.4) is 0 Å². The van der Waals surface area contributed by atoms with E-state index in [-0.39, 0.29) is 0 Å². The zero-order valence-electron chi connectivity index (χ0n) is 33.7. The first-order chi connectivity index (χ1) is 30.2. The Kier molecular flexibility index (Phi) is 9.02. The van der Waals surface area contributed by atoms with Crippen LogP contribution in [-0.2, 0) is 0 Å². The van der Waals surface area contributed by atoms with Crippen LogP contribution < -0.4 is 0 Å². The number of fused-ring (bicyclic) bond motifs is 3. The molecule has 0 aliphatic rings. The lowest BCUT2D eigenvalue weighted by Gasteiger charge is -2.15. The molecule has 0 saturated carbocycles. The molecule has 0 aliphatic heterocycles. The topological polar surface area (TPSA) is 35.6 Å². The Labute approximate surface area is 355 Å². The van der Waals surface area contributed by atoms with Gasteiger partial charge in [-0.25, -0.2) is 9.67 Å². The Morgan fingerprint density at radius 3 is 1.56 bits per heavy atom. The van der Waals surface area contributed by atoms with E-state index in [0.717, 1.165) is 39.5 Å². The molecular weight excluding hydrogens is 741 g/mol. The number of rotatable bonds is 8. The van der Waals surface area contributed by atoms with E-state index in [0.29, 0.717) is 5.82 Å². The number of para-hydroxylation sites is 2. The maximum Gasteiger partial charge on any atom is 0.182 e. The Balaban J connectivity index is 0.976. The average Bonchev–Trinajstić information content (AvgIpc) is 3.93. The van der Waals surface area contributed by atoms with Gasteiger partial charge in [0.15, 0.2) is 11.6 Å². The molecule has 2 aromatic heterocycles. The molecule has 11 rings (SSSR count). The zero-order valence-corrected chi connectivity index (χ0v) is 33.7. The standard InChI is InChI=1S/C57H40N4/c1-39-24-26-43(27-25-39)56-58-57(44-30-28-41(29-31-44)40-14-4-2-5-15-40)61(59-56)47-35-32-42(33-36-47)48-18-8-10-20-50(48)51-21-11-9-19-49(51)45-34-37-55-53(38-45)52-22-12-13-23-54(52)60(55)46-16-6-3-7-17-46/h2-38H,1H3. The molecule has 0 saturated heterocycles. The molecule has 61 heavy (non-hydrogen) atoms. The molecule has 0 fully saturated rings. The van der Waals surface area contributed by atoms with Crippen molar-refractivity contribution in [3.8, 4) is 78.7 Å². The normalized spacial score (nSPS) is 11.4. The SMILES string of the molecule is Cc1ccc(-c2nc(-c3ccc(-c4ccccc4)cc3)n(-c3ccc(-c4ccccc4-c4ccccc4-c4ccc5c(c4)c4ccccc4n5-c4ccccc4)cc3)n2)cc1. The van der Waals surface area contributed by atoms with Crippen molar-refractivity contribution in [2.24, 2.45) is 0 Å². The van der Waals surface area contributed by atoms with E-state index >= 15 is 0 Å². The predicted octanol–water partition coefficient (Wildman–Crippen LogP) is 14.7. The van der Waals surface area contributed by atoms with Crippen molar-refractivity contribution in [2.45, 2.75) is 6.92 Å². The van der Waals surface area contributed by atoms with Crippen LogP contribution >= 0.6 is 0 Å². The van der Waals surface area contributed by atoms with Gasteiger partial charge in [-0.2, -0.15) is 0 Å². The fourth-order valence-electron chi connectivity index (χ4n) is 8.66. The summed E-state index contributed by atoms with van der Waals surface area (Å²) >= 11 is 0. The highest BCUT2D eigenvalue weighted by molar-refractivity contribution is 6.11. The summed E-state index contributed by atoms with van der Waals surface area (Å²) in [4.78, 5) is 5.13. The maximum absolute atomic E-state index is 5.13. The first-order valence-corrected chi connectivity index (χ1v) is 20.7. The van der Waals surface area contributed by atoms with Gasteiger partial charge in [0.1, 0.15) is 0 Å². The van der Waals surface area contributed by atoms with Crippen LogP contribution in [0.25, 0.3) is 100 Å². The summed E-state index contributed by atoms with van der Waals surface area (Å²) in [5.41, 5.74) is 17.1. The summed E-state index contributed by atoms with van der Waals surface area (Å²) in [6.07, 6.45) is 0. The van der Waals surface area contributed by atoms with Crippen molar-refractivity contribution in [2.75, 3.05) is 0 Å². The average molecular weight is 781 g/mol. The van der Waals surface area contributed by atoms with Crippen molar-refractivity contribution in [3.63, 3.8) is 0 Å². The zero-order chi connectivity index (χ0) is 40.7. The Hall–Kier alpha value is -8.08. The number of hydrogen-bond acceptors (Lipinski definition) is 2. The fourth-order valence-corrected chi connectivity index (χ4v) is 8.66. The molecule has 0 spiro atoms. The quantitative estimate of drug-likeness (QED) is 0.154. The minimum atomic E-state index is 0.691. The number of hydrogen-bond donors (Lipinski definition) is 0. The molecule has 11 aromatic rings. The van der Waals surface area contributed by atoms with Crippen LogP contribution in [0.5, 0.6) is 0 Å². The number of benzene rings is 9. The van der Waals surface area contributed by atoms with Gasteiger partial charge in [0, 0.05) is 27.6 Å². The van der Waals surface area contributed by atoms with E-state index in [1.165, 1.54) is 60.8 Å². The van der Waals surface area contributed by atoms with Gasteiger partial charge in [0.25, 0.3) is 0 Å². The highest BCUT2D eigenvalue weighted by atomic mass is 15.4. The van der Waals surface area contributed by atoms with E-state index < -0.39 is 0 Å². The predicted molar refractivity (Wildman–Crippen MR) is 253 cm³/mol. The molecule has 9 aromatic carbocycles. The molecule has 4 heteroatoms. The lowest BCUT2D eigenvalue weighted by Crippen LogP contribution is -2.00. The summed E-state index contributed by atoms with van der Waals surface area (Å²) in [5.74, 6) is 1.48. The van der Waals surface area contributed by atoms with Gasteiger partial charge in [-0.15, -0.1) is 5.10 Å². The summed E-state index contributed by atoms with van der Waals surface area (Å²) in [5, 5.41) is 7.59. The van der Waals surface area contributed by atoms with E-state index in [9.17, 15) is 0 Å². The van der Waals surface area contributed by atoms with Crippen LogP contribution in [-0.4, -0.2) is 19.3 Å². The highest BCUT2D eigenvalue weighted by Gasteiger charge is 2.19. The first-order valence-electron chi connectivity index (χ1n) is 20.7. The summed E-state index contributed by atoms with van der Waals surface area (Å²) in [6.45, 7) is 2.10. The fraction of sp³-hybridized carbons (Fsp3) is 0.0175. The minimum Gasteiger partial charge on any atom is -0.309 e. The lowest BCUT2D eigenvalue weighted by molar-refractivity contribution is 0.890. The molecule has 0 atom stereocenters. The van der Waals surface area contributed by atoms with Gasteiger partial charge in [0.05, 0.1) is 16.7 Å². The third-order valence-electron chi connectivity index (χ3n) is 11.7. The molecule has 2 heterocycles. The molecule has 0 amide bonds. The molecule has 0 unspecified atom stereocenters. The monoisotopic (exact) mass is 780 g/mol. The molecule has 288 valence electrons. The lowest BCUT2D eigenvalue weighted by atomic mass is 9.89. The summed E-state index contributed by atoms with van der Waals surface area (Å²) in [6, 6.07) is 80.0. The van der Waals surface area contributed by atoms with Gasteiger partial charge in [0.2, 0.25) is 0 Å². The molecule has 0 bridgehead atoms. The molecule has 4 nitrogen and oxygen atoms in total. The molecule has 0 N–H and O–H groups in total. The molecular formula is C57H40N4. The van der Waals surface area contributed by atoms with E-state index in [1.807, 2.05) is 10.7 Å². The van der Waals surface area contributed by atoms with Gasteiger partial charge in [-0.1, -0.05) is 188 Å². The van der Waals surface area contributed by atoms with Crippen molar-refractivity contribution in [3.05, 3.63) is 230 Å². The largest absolute Gasteiger partial charge is 0.309 e. The third-order valence-corrected chi connectivity index (χ3v) is 11.7. The second-order valence-corrected chi connectivity index (χ2v) is 15.5. The number of nitrogens with zero attached hydrogens (tertiary/aromatic N) is 4. The van der Waals surface area contributed by atoms with E-state index in [1.54, 1.807) is 0 Å². The molecule has 0 radical (unpaired) electrons. The van der Waals surface area contributed by atoms with Crippen LogP contribution in [0.15, 0.2) is 224 Å². The molecule has 0 aliphatic carbocycles. The van der Waals surface area contributed by atoms with Crippen LogP contribution in [0.4, 0.5) is 0 Å². The second kappa shape index (κ2) is 15.3. The first kappa shape index (κ1) is 36.0. The van der Waals surface area contributed by atoms with Crippen LogP contribution in [0.2, 0.25) is 0 Å². The number of aromatic nitrogens is 4. The number of aryl methyl sites for hydroxylation is 1. The van der Waals surface area contributed by atoms with Crippen molar-refractivity contribution in [1.82, 2.24) is 19.3 Å². The maximum atomic E-state index is 5.13. The van der Waals surface area contributed by atoms with Gasteiger partial charge in [-0.3, -0.25) is 0 Å². The smallest absolute Gasteiger partial charge is 0.182 e. The van der Waals surface area contributed by atoms with Crippen molar-refractivity contribution < 1.29 is 0 Å².